The van der Waals surface area contributed by atoms with Crippen LogP contribution in [0.2, 0.25) is 0 Å². The van der Waals surface area contributed by atoms with Crippen molar-refractivity contribution >= 4 is 23.9 Å². The molecule has 11 heteroatoms. The normalized spacial score (nSPS) is 25.5. The lowest BCUT2D eigenvalue weighted by Gasteiger charge is -2.19. The first-order valence-electron chi connectivity index (χ1n) is 5.15. The topological polar surface area (TPSA) is 133 Å². The van der Waals surface area contributed by atoms with Gasteiger partial charge in [0.05, 0.1) is 0 Å². The van der Waals surface area contributed by atoms with E-state index in [1.807, 2.05) is 0 Å². The number of urea groups is 2. The molecule has 2 fully saturated rings. The van der Waals surface area contributed by atoms with Crippen molar-refractivity contribution in [2.24, 2.45) is 0 Å². The maximum Gasteiger partial charge on any atom is 0.379 e. The number of nitrogens with zero attached hydrogens (tertiary/aromatic N) is 4. The number of nitrogens with one attached hydrogen (secondary N) is 1. The summed E-state index contributed by atoms with van der Waals surface area (Å²) in [6.07, 6.45) is -2.73. The molecule has 2 rings (SSSR count). The Bertz CT molecular complexity index is 506. The Morgan fingerprint density at radius 3 is 2.16 bits per heavy atom. The number of fused-ring (bicyclic) bond motifs is 1. The first kappa shape index (κ1) is 12.7. The van der Waals surface area contributed by atoms with Crippen molar-refractivity contribution in [2.75, 3.05) is 0 Å². The standard InChI is InChI=1S/C8H9N5O6/c1-3(14)10-5-6(11(4(2)15)8(10)17)12(13(18)19)7(16)9-5/h5-6H,1-2H3,(H,9,16)/t5-,6-/m1/s1. The molecule has 2 aliphatic rings. The zero-order chi connectivity index (χ0) is 14.5. The smallest absolute Gasteiger partial charge is 0.309 e. The average Bonchev–Trinajstić information content (AvgIpc) is 2.67. The lowest BCUT2D eigenvalue weighted by Crippen LogP contribution is -2.50. The van der Waals surface area contributed by atoms with Crippen LogP contribution in [0, 0.1) is 10.1 Å². The molecule has 2 atom stereocenters. The highest BCUT2D eigenvalue weighted by Crippen LogP contribution is 2.29. The van der Waals surface area contributed by atoms with Crippen LogP contribution in [0.3, 0.4) is 0 Å². The van der Waals surface area contributed by atoms with Crippen LogP contribution in [0.15, 0.2) is 0 Å². The summed E-state index contributed by atoms with van der Waals surface area (Å²) in [5, 5.41) is 12.0. The number of carbonyl (C=O) groups excluding carboxylic acids is 4. The first-order valence-corrected chi connectivity index (χ1v) is 5.15. The fourth-order valence-electron chi connectivity index (χ4n) is 2.14. The number of hydrazine groups is 1. The molecular weight excluding hydrogens is 262 g/mol. The van der Waals surface area contributed by atoms with Crippen molar-refractivity contribution in [2.45, 2.75) is 26.2 Å². The van der Waals surface area contributed by atoms with Gasteiger partial charge in [0.25, 0.3) is 0 Å². The molecule has 6 amide bonds. The molecule has 1 N–H and O–H groups in total. The summed E-state index contributed by atoms with van der Waals surface area (Å²) in [5.74, 6) is -1.53. The predicted octanol–water partition coefficient (Wildman–Crippen LogP) is -1.31. The molecule has 2 heterocycles. The maximum atomic E-state index is 11.9. The lowest BCUT2D eigenvalue weighted by atomic mass is 10.3. The quantitative estimate of drug-likeness (QED) is 0.464. The van der Waals surface area contributed by atoms with Crippen LogP contribution in [-0.2, 0) is 9.59 Å². The highest BCUT2D eigenvalue weighted by atomic mass is 16.7. The monoisotopic (exact) mass is 271 g/mol. The van der Waals surface area contributed by atoms with Crippen LogP contribution in [0.4, 0.5) is 9.59 Å². The molecular formula is C8H9N5O6. The van der Waals surface area contributed by atoms with Gasteiger partial charge < -0.3 is 5.32 Å². The Kier molecular flexibility index (Phi) is 2.61. The summed E-state index contributed by atoms with van der Waals surface area (Å²) in [6, 6.07) is -2.09. The molecule has 0 aromatic heterocycles. The van der Waals surface area contributed by atoms with Crippen molar-refractivity contribution in [3.8, 4) is 0 Å². The summed E-state index contributed by atoms with van der Waals surface area (Å²) >= 11 is 0. The van der Waals surface area contributed by atoms with Gasteiger partial charge in [0, 0.05) is 13.8 Å². The van der Waals surface area contributed by atoms with Gasteiger partial charge >= 0.3 is 12.1 Å². The van der Waals surface area contributed by atoms with E-state index in [2.05, 4.69) is 5.32 Å². The summed E-state index contributed by atoms with van der Waals surface area (Å²) < 4.78 is 0. The second kappa shape index (κ2) is 3.90. The molecule has 19 heavy (non-hydrogen) atoms. The summed E-state index contributed by atoms with van der Waals surface area (Å²) in [6.45, 7) is 2.07. The van der Waals surface area contributed by atoms with Gasteiger partial charge in [-0.3, -0.25) is 9.59 Å². The van der Waals surface area contributed by atoms with Gasteiger partial charge in [0.15, 0.2) is 11.2 Å². The van der Waals surface area contributed by atoms with E-state index in [1.54, 1.807) is 0 Å². The second-order valence-electron chi connectivity index (χ2n) is 3.95. The zero-order valence-electron chi connectivity index (χ0n) is 9.89. The van der Waals surface area contributed by atoms with E-state index < -0.39 is 41.2 Å². The Labute approximate surface area is 105 Å². The van der Waals surface area contributed by atoms with Crippen molar-refractivity contribution in [1.82, 2.24) is 20.1 Å². The fourth-order valence-corrected chi connectivity index (χ4v) is 2.14. The molecule has 2 aliphatic heterocycles. The zero-order valence-corrected chi connectivity index (χ0v) is 9.89. The van der Waals surface area contributed by atoms with Crippen molar-refractivity contribution in [3.05, 3.63) is 10.1 Å². The van der Waals surface area contributed by atoms with E-state index in [9.17, 15) is 29.3 Å². The third-order valence-electron chi connectivity index (χ3n) is 2.82. The van der Waals surface area contributed by atoms with Crippen LogP contribution in [0.1, 0.15) is 13.8 Å². The van der Waals surface area contributed by atoms with Gasteiger partial charge in [-0.1, -0.05) is 0 Å². The van der Waals surface area contributed by atoms with Gasteiger partial charge in [0.1, 0.15) is 0 Å². The van der Waals surface area contributed by atoms with Gasteiger partial charge in [-0.15, -0.1) is 0 Å². The van der Waals surface area contributed by atoms with E-state index in [-0.39, 0.29) is 5.01 Å². The van der Waals surface area contributed by atoms with Gasteiger partial charge in [-0.25, -0.2) is 29.5 Å². The number of rotatable bonds is 1. The Morgan fingerprint density at radius 2 is 1.74 bits per heavy atom. The molecule has 0 aromatic carbocycles. The minimum atomic E-state index is -1.48. The fraction of sp³-hybridized carbons (Fsp3) is 0.500. The van der Waals surface area contributed by atoms with E-state index in [4.69, 9.17) is 0 Å². The van der Waals surface area contributed by atoms with Crippen LogP contribution in [0.5, 0.6) is 0 Å². The van der Waals surface area contributed by atoms with Crippen molar-refractivity contribution < 1.29 is 24.2 Å². The number of amides is 6. The van der Waals surface area contributed by atoms with Crippen LogP contribution in [0.25, 0.3) is 0 Å². The molecule has 0 spiro atoms. The average molecular weight is 271 g/mol. The molecule has 102 valence electrons. The molecule has 0 aromatic rings. The Hall–Kier alpha value is -2.72. The Morgan fingerprint density at radius 1 is 1.21 bits per heavy atom. The number of carbonyl (C=O) groups is 4. The van der Waals surface area contributed by atoms with Crippen LogP contribution in [-0.4, -0.2) is 56.0 Å². The molecule has 0 saturated carbocycles. The number of hydrogen-bond donors (Lipinski definition) is 1. The van der Waals surface area contributed by atoms with E-state index in [1.165, 1.54) is 0 Å². The highest BCUT2D eigenvalue weighted by Gasteiger charge is 2.62. The number of imide groups is 2. The van der Waals surface area contributed by atoms with E-state index >= 15 is 0 Å². The third kappa shape index (κ3) is 1.58. The number of hydrogen-bond acceptors (Lipinski definition) is 6. The second-order valence-corrected chi connectivity index (χ2v) is 3.95. The molecule has 2 saturated heterocycles. The molecule has 0 bridgehead atoms. The van der Waals surface area contributed by atoms with Crippen molar-refractivity contribution in [3.63, 3.8) is 0 Å². The van der Waals surface area contributed by atoms with E-state index in [0.29, 0.717) is 9.80 Å². The summed E-state index contributed by atoms with van der Waals surface area (Å²) in [5.41, 5.74) is 0. The highest BCUT2D eigenvalue weighted by molar-refractivity contribution is 6.04. The minimum Gasteiger partial charge on any atom is -0.309 e. The van der Waals surface area contributed by atoms with Gasteiger partial charge in [-0.05, 0) is 5.01 Å². The third-order valence-corrected chi connectivity index (χ3v) is 2.82. The molecule has 0 unspecified atom stereocenters. The SMILES string of the molecule is CC(=O)N1C(=O)N(C(C)=O)[C@H]2NC(=O)N([N+](=O)[O-])[C@H]21. The predicted molar refractivity (Wildman–Crippen MR) is 55.4 cm³/mol. The van der Waals surface area contributed by atoms with Crippen LogP contribution < -0.4 is 5.32 Å². The van der Waals surface area contributed by atoms with Gasteiger partial charge in [0.2, 0.25) is 18.0 Å². The maximum absolute atomic E-state index is 11.9. The number of nitro groups is 1. The van der Waals surface area contributed by atoms with Gasteiger partial charge in [-0.2, -0.15) is 0 Å². The van der Waals surface area contributed by atoms with Crippen molar-refractivity contribution in [1.29, 1.82) is 0 Å². The lowest BCUT2D eigenvalue weighted by molar-refractivity contribution is -0.641. The summed E-state index contributed by atoms with van der Waals surface area (Å²) in [7, 11) is 0. The molecule has 0 aliphatic carbocycles. The molecule has 0 radical (unpaired) electrons. The first-order chi connectivity index (χ1) is 8.77. The molecule has 11 nitrogen and oxygen atoms in total. The minimum absolute atomic E-state index is 0.118. The summed E-state index contributed by atoms with van der Waals surface area (Å²) in [4.78, 5) is 58.1. The largest absolute Gasteiger partial charge is 0.379 e. The van der Waals surface area contributed by atoms with Crippen LogP contribution >= 0.6 is 0 Å². The van der Waals surface area contributed by atoms with E-state index in [0.717, 1.165) is 13.8 Å². The Balaban J connectivity index is 2.50.